The Morgan fingerprint density at radius 1 is 1.16 bits per heavy atom. The van der Waals surface area contributed by atoms with Crippen molar-refractivity contribution in [2.45, 2.75) is 39.8 Å². The van der Waals surface area contributed by atoms with Gasteiger partial charge in [0.05, 0.1) is 28.6 Å². The molecule has 1 atom stereocenters. The third-order valence-electron chi connectivity index (χ3n) is 5.29. The van der Waals surface area contributed by atoms with Gasteiger partial charge in [0.2, 0.25) is 0 Å². The van der Waals surface area contributed by atoms with Crippen LogP contribution in [0.15, 0.2) is 60.0 Å². The molecule has 0 aliphatic heterocycles. The largest absolute Gasteiger partial charge is 0.493 e. The summed E-state index contributed by atoms with van der Waals surface area (Å²) in [6.45, 7) is 7.50. The van der Waals surface area contributed by atoms with E-state index in [1.807, 2.05) is 42.6 Å². The van der Waals surface area contributed by atoms with Crippen LogP contribution in [-0.2, 0) is 6.54 Å². The van der Waals surface area contributed by atoms with E-state index in [1.54, 1.807) is 0 Å². The summed E-state index contributed by atoms with van der Waals surface area (Å²) in [6.07, 6.45) is 0.840. The maximum Gasteiger partial charge on any atom is 0.261 e. The number of carbonyl (C=O) groups excluding carboxylic acids is 1. The number of thiophene rings is 1. The van der Waals surface area contributed by atoms with E-state index in [9.17, 15) is 4.79 Å². The van der Waals surface area contributed by atoms with Gasteiger partial charge in [-0.3, -0.25) is 4.79 Å². The number of ether oxygens (including phenoxy) is 1. The van der Waals surface area contributed by atoms with Crippen molar-refractivity contribution < 1.29 is 9.53 Å². The molecule has 0 saturated heterocycles. The lowest BCUT2D eigenvalue weighted by atomic mass is 10.1. The number of carbonyl (C=O) groups is 1. The minimum atomic E-state index is -0.207. The number of aromatic nitrogens is 2. The first-order chi connectivity index (χ1) is 15.0. The highest BCUT2D eigenvalue weighted by molar-refractivity contribution is 7.12. The summed E-state index contributed by atoms with van der Waals surface area (Å²) < 4.78 is 8.24. The van der Waals surface area contributed by atoms with Gasteiger partial charge in [-0.15, -0.1) is 11.3 Å². The zero-order chi connectivity index (χ0) is 21.8. The topological polar surface area (TPSA) is 56.1 Å². The number of rotatable bonds is 8. The number of para-hydroxylation sites is 2. The second kappa shape index (κ2) is 9.35. The number of nitrogens with zero attached hydrogens (tertiary/aromatic N) is 2. The Bertz CT molecular complexity index is 1180. The first-order valence-electron chi connectivity index (χ1n) is 10.5. The zero-order valence-corrected chi connectivity index (χ0v) is 18.9. The Balaban J connectivity index is 1.48. The van der Waals surface area contributed by atoms with E-state index in [2.05, 4.69) is 48.0 Å². The lowest BCUT2D eigenvalue weighted by Gasteiger charge is -2.16. The van der Waals surface area contributed by atoms with Crippen LogP contribution >= 0.6 is 11.3 Å². The third kappa shape index (κ3) is 4.80. The van der Waals surface area contributed by atoms with E-state index in [0.717, 1.165) is 41.1 Å². The fourth-order valence-corrected chi connectivity index (χ4v) is 4.29. The van der Waals surface area contributed by atoms with Crippen molar-refractivity contribution >= 4 is 28.3 Å². The van der Waals surface area contributed by atoms with Crippen LogP contribution in [0.4, 0.5) is 0 Å². The Morgan fingerprint density at radius 3 is 2.81 bits per heavy atom. The molecule has 2 heterocycles. The lowest BCUT2D eigenvalue weighted by Crippen LogP contribution is -2.28. The maximum atomic E-state index is 12.5. The molecule has 0 fully saturated rings. The van der Waals surface area contributed by atoms with E-state index in [0.29, 0.717) is 11.5 Å². The summed E-state index contributed by atoms with van der Waals surface area (Å²) in [7, 11) is 0. The molecule has 2 aromatic heterocycles. The monoisotopic (exact) mass is 433 g/mol. The molecular formula is C25H27N3O2S. The third-order valence-corrected chi connectivity index (χ3v) is 6.16. The van der Waals surface area contributed by atoms with Crippen LogP contribution in [0.25, 0.3) is 11.0 Å². The van der Waals surface area contributed by atoms with Gasteiger partial charge in [0.25, 0.3) is 5.91 Å². The van der Waals surface area contributed by atoms with Crippen LogP contribution < -0.4 is 10.1 Å². The summed E-state index contributed by atoms with van der Waals surface area (Å²) in [5, 5.41) is 4.99. The van der Waals surface area contributed by atoms with Crippen molar-refractivity contribution in [2.24, 2.45) is 0 Å². The van der Waals surface area contributed by atoms with Crippen molar-refractivity contribution in [3.05, 3.63) is 81.8 Å². The van der Waals surface area contributed by atoms with Crippen LogP contribution in [-0.4, -0.2) is 22.1 Å². The van der Waals surface area contributed by atoms with Crippen LogP contribution in [0, 0.1) is 13.8 Å². The van der Waals surface area contributed by atoms with Gasteiger partial charge in [0, 0.05) is 6.54 Å². The second-order valence-electron chi connectivity index (χ2n) is 7.75. The molecule has 0 radical (unpaired) electrons. The SMILES string of the molecule is Cc1ccc(C)c(OCCCn2c(C(C)NC(=O)c3cccs3)nc3ccccc32)c1. The molecule has 1 amide bonds. The molecule has 0 saturated carbocycles. The molecule has 4 aromatic rings. The van der Waals surface area contributed by atoms with E-state index in [4.69, 9.17) is 9.72 Å². The molecule has 0 aliphatic carbocycles. The number of aryl methyl sites for hydroxylation is 3. The summed E-state index contributed by atoms with van der Waals surface area (Å²) in [6, 6.07) is 17.9. The Kier molecular flexibility index (Phi) is 6.37. The number of imidazole rings is 1. The molecule has 1 N–H and O–H groups in total. The average Bonchev–Trinajstić information content (AvgIpc) is 3.42. The van der Waals surface area contributed by atoms with E-state index >= 15 is 0 Å². The Hall–Kier alpha value is -3.12. The number of benzene rings is 2. The van der Waals surface area contributed by atoms with Gasteiger partial charge in [-0.1, -0.05) is 30.3 Å². The molecule has 4 rings (SSSR count). The van der Waals surface area contributed by atoms with Crippen molar-refractivity contribution in [3.8, 4) is 5.75 Å². The normalized spacial score (nSPS) is 12.1. The molecule has 0 bridgehead atoms. The molecular weight excluding hydrogens is 406 g/mol. The summed E-state index contributed by atoms with van der Waals surface area (Å²) >= 11 is 1.44. The minimum absolute atomic E-state index is 0.0700. The molecule has 31 heavy (non-hydrogen) atoms. The van der Waals surface area contributed by atoms with Crippen LogP contribution in [0.1, 0.15) is 46.0 Å². The smallest absolute Gasteiger partial charge is 0.261 e. The molecule has 2 aromatic carbocycles. The molecule has 5 nitrogen and oxygen atoms in total. The van der Waals surface area contributed by atoms with Gasteiger partial charge in [0.15, 0.2) is 0 Å². The molecule has 6 heteroatoms. The van der Waals surface area contributed by atoms with Crippen molar-refractivity contribution in [2.75, 3.05) is 6.61 Å². The molecule has 1 unspecified atom stereocenters. The van der Waals surface area contributed by atoms with Gasteiger partial charge in [-0.2, -0.15) is 0 Å². The number of hydrogen-bond donors (Lipinski definition) is 1. The highest BCUT2D eigenvalue weighted by Gasteiger charge is 2.19. The van der Waals surface area contributed by atoms with Gasteiger partial charge in [-0.05, 0) is 68.0 Å². The number of hydrogen-bond acceptors (Lipinski definition) is 4. The summed E-state index contributed by atoms with van der Waals surface area (Å²) in [4.78, 5) is 18.1. The first-order valence-corrected chi connectivity index (χ1v) is 11.4. The first kappa shape index (κ1) is 21.1. The quantitative estimate of drug-likeness (QED) is 0.364. The molecule has 160 valence electrons. The minimum Gasteiger partial charge on any atom is -0.493 e. The van der Waals surface area contributed by atoms with Gasteiger partial charge >= 0.3 is 0 Å². The van der Waals surface area contributed by atoms with Crippen molar-refractivity contribution in [1.29, 1.82) is 0 Å². The fraction of sp³-hybridized carbons (Fsp3) is 0.280. The van der Waals surface area contributed by atoms with Crippen molar-refractivity contribution in [3.63, 3.8) is 0 Å². The van der Waals surface area contributed by atoms with E-state index in [1.165, 1.54) is 16.9 Å². The standard InChI is InChI=1S/C25H27N3O2S/c1-17-11-12-18(2)22(16-17)30-14-7-13-28-21-9-5-4-8-20(21)27-24(28)19(3)26-25(29)23-10-6-15-31-23/h4-6,8-12,15-16,19H,7,13-14H2,1-3H3,(H,26,29). The number of amides is 1. The molecule has 0 aliphatic rings. The Morgan fingerprint density at radius 2 is 2.00 bits per heavy atom. The Labute approximate surface area is 186 Å². The van der Waals surface area contributed by atoms with Crippen LogP contribution in [0.2, 0.25) is 0 Å². The fourth-order valence-electron chi connectivity index (χ4n) is 3.67. The van der Waals surface area contributed by atoms with E-state index in [-0.39, 0.29) is 11.9 Å². The van der Waals surface area contributed by atoms with Gasteiger partial charge in [-0.25, -0.2) is 4.98 Å². The highest BCUT2D eigenvalue weighted by atomic mass is 32.1. The predicted octanol–water partition coefficient (Wildman–Crippen LogP) is 5.67. The predicted molar refractivity (Wildman–Crippen MR) is 126 cm³/mol. The number of nitrogens with one attached hydrogen (secondary N) is 1. The maximum absolute atomic E-state index is 12.5. The summed E-state index contributed by atoms with van der Waals surface area (Å²) in [5.41, 5.74) is 4.34. The van der Waals surface area contributed by atoms with Crippen molar-refractivity contribution in [1.82, 2.24) is 14.9 Å². The zero-order valence-electron chi connectivity index (χ0n) is 18.1. The average molecular weight is 434 g/mol. The highest BCUT2D eigenvalue weighted by Crippen LogP contribution is 2.23. The van der Waals surface area contributed by atoms with Crippen LogP contribution in [0.3, 0.4) is 0 Å². The van der Waals surface area contributed by atoms with E-state index < -0.39 is 0 Å². The van der Waals surface area contributed by atoms with Gasteiger partial charge < -0.3 is 14.6 Å². The lowest BCUT2D eigenvalue weighted by molar-refractivity contribution is 0.0941. The van der Waals surface area contributed by atoms with Crippen LogP contribution in [0.5, 0.6) is 5.75 Å². The molecule has 0 spiro atoms. The van der Waals surface area contributed by atoms with Gasteiger partial charge in [0.1, 0.15) is 11.6 Å². The number of fused-ring (bicyclic) bond motifs is 1. The summed E-state index contributed by atoms with van der Waals surface area (Å²) in [5.74, 6) is 1.73. The second-order valence-corrected chi connectivity index (χ2v) is 8.70.